The molecular weight excluding hydrogens is 223 g/mol. The van der Waals surface area contributed by atoms with E-state index in [0.29, 0.717) is 26.5 Å². The average Bonchev–Trinajstić information content (AvgIpc) is 2.47. The molecule has 1 heterocycles. The molecule has 0 aliphatic heterocycles. The summed E-state index contributed by atoms with van der Waals surface area (Å²) in [6, 6.07) is 3.26. The Morgan fingerprint density at radius 1 is 1.36 bits per heavy atom. The molecule has 0 saturated carbocycles. The number of carbonyl (C=O) groups is 1. The van der Waals surface area contributed by atoms with Crippen LogP contribution in [0, 0.1) is 0 Å². The van der Waals surface area contributed by atoms with Crippen LogP contribution in [0.1, 0.15) is 10.4 Å². The molecule has 1 aromatic heterocycles. The molecule has 1 aromatic carbocycles. The minimum atomic E-state index is -0.513. The first kappa shape index (κ1) is 9.37. The summed E-state index contributed by atoms with van der Waals surface area (Å²) in [5.41, 5.74) is 6.26. The Morgan fingerprint density at radius 3 is 2.71 bits per heavy atom. The number of aromatic amines is 1. The second-order valence-electron chi connectivity index (χ2n) is 2.88. The highest BCUT2D eigenvalue weighted by Crippen LogP contribution is 2.29. The lowest BCUT2D eigenvalue weighted by Crippen LogP contribution is -2.09. The van der Waals surface area contributed by atoms with Gasteiger partial charge in [0, 0.05) is 22.1 Å². The van der Waals surface area contributed by atoms with Crippen LogP contribution in [-0.2, 0) is 0 Å². The van der Waals surface area contributed by atoms with Crippen molar-refractivity contribution in [2.24, 2.45) is 5.73 Å². The van der Waals surface area contributed by atoms with Gasteiger partial charge in [-0.05, 0) is 12.1 Å². The van der Waals surface area contributed by atoms with E-state index in [9.17, 15) is 4.79 Å². The molecule has 0 fully saturated rings. The third kappa shape index (κ3) is 1.35. The standard InChI is InChI=1S/C9H6Cl2N2O/c10-4-1-6(11)8-5(9(12)14)3-13-7(8)2-4/h1-3,13H,(H2,12,14). The van der Waals surface area contributed by atoms with E-state index < -0.39 is 5.91 Å². The van der Waals surface area contributed by atoms with Gasteiger partial charge in [0.15, 0.2) is 0 Å². The van der Waals surface area contributed by atoms with Crippen molar-refractivity contribution in [3.8, 4) is 0 Å². The van der Waals surface area contributed by atoms with Crippen LogP contribution in [0.15, 0.2) is 18.3 Å². The Labute approximate surface area is 89.8 Å². The second-order valence-corrected chi connectivity index (χ2v) is 3.72. The Kier molecular flexibility index (Phi) is 2.13. The maximum absolute atomic E-state index is 11.0. The van der Waals surface area contributed by atoms with Crippen molar-refractivity contribution in [1.82, 2.24) is 4.98 Å². The first-order valence-corrected chi connectivity index (χ1v) is 4.61. The molecule has 3 N–H and O–H groups in total. The Bertz CT molecular complexity index is 519. The third-order valence-corrected chi connectivity index (χ3v) is 2.48. The van der Waals surface area contributed by atoms with E-state index in [1.807, 2.05) is 0 Å². The van der Waals surface area contributed by atoms with E-state index in [-0.39, 0.29) is 0 Å². The molecule has 0 atom stereocenters. The van der Waals surface area contributed by atoms with Crippen molar-refractivity contribution >= 4 is 40.0 Å². The molecule has 5 heteroatoms. The SMILES string of the molecule is NC(=O)c1c[nH]c2cc(Cl)cc(Cl)c12. The van der Waals surface area contributed by atoms with E-state index in [2.05, 4.69) is 4.98 Å². The summed E-state index contributed by atoms with van der Waals surface area (Å²) in [6.45, 7) is 0. The summed E-state index contributed by atoms with van der Waals surface area (Å²) in [6.07, 6.45) is 1.52. The van der Waals surface area contributed by atoms with Gasteiger partial charge < -0.3 is 10.7 Å². The largest absolute Gasteiger partial charge is 0.366 e. The van der Waals surface area contributed by atoms with Crippen molar-refractivity contribution in [3.05, 3.63) is 33.9 Å². The minimum Gasteiger partial charge on any atom is -0.366 e. The van der Waals surface area contributed by atoms with Gasteiger partial charge in [0.05, 0.1) is 10.6 Å². The van der Waals surface area contributed by atoms with Crippen molar-refractivity contribution in [3.63, 3.8) is 0 Å². The highest BCUT2D eigenvalue weighted by molar-refractivity contribution is 6.39. The van der Waals surface area contributed by atoms with Gasteiger partial charge in [-0.3, -0.25) is 4.79 Å². The van der Waals surface area contributed by atoms with E-state index in [1.54, 1.807) is 12.1 Å². The molecule has 2 aromatic rings. The number of nitrogens with one attached hydrogen (secondary N) is 1. The lowest BCUT2D eigenvalue weighted by molar-refractivity contribution is 0.100. The molecule has 72 valence electrons. The average molecular weight is 229 g/mol. The van der Waals surface area contributed by atoms with Gasteiger partial charge in [-0.25, -0.2) is 0 Å². The van der Waals surface area contributed by atoms with Crippen molar-refractivity contribution in [2.45, 2.75) is 0 Å². The normalized spacial score (nSPS) is 10.7. The molecular formula is C9H6Cl2N2O. The highest BCUT2D eigenvalue weighted by atomic mass is 35.5. The van der Waals surface area contributed by atoms with Gasteiger partial charge in [-0.1, -0.05) is 23.2 Å². The molecule has 0 spiro atoms. The van der Waals surface area contributed by atoms with E-state index in [1.165, 1.54) is 6.20 Å². The minimum absolute atomic E-state index is 0.377. The summed E-state index contributed by atoms with van der Waals surface area (Å²) in [7, 11) is 0. The monoisotopic (exact) mass is 228 g/mol. The molecule has 0 aliphatic carbocycles. The number of hydrogen-bond acceptors (Lipinski definition) is 1. The number of benzene rings is 1. The fraction of sp³-hybridized carbons (Fsp3) is 0. The van der Waals surface area contributed by atoms with Crippen LogP contribution in [0.25, 0.3) is 10.9 Å². The molecule has 2 rings (SSSR count). The molecule has 14 heavy (non-hydrogen) atoms. The van der Waals surface area contributed by atoms with Crippen LogP contribution in [-0.4, -0.2) is 10.9 Å². The van der Waals surface area contributed by atoms with Crippen molar-refractivity contribution < 1.29 is 4.79 Å². The molecule has 0 unspecified atom stereocenters. The van der Waals surface area contributed by atoms with E-state index >= 15 is 0 Å². The molecule has 3 nitrogen and oxygen atoms in total. The number of fused-ring (bicyclic) bond motifs is 1. The number of primary amides is 1. The van der Waals surface area contributed by atoms with Gasteiger partial charge in [0.2, 0.25) is 0 Å². The maximum atomic E-state index is 11.0. The molecule has 1 amide bonds. The van der Waals surface area contributed by atoms with Crippen LogP contribution in [0.3, 0.4) is 0 Å². The number of hydrogen-bond donors (Lipinski definition) is 2. The zero-order chi connectivity index (χ0) is 10.3. The number of nitrogens with two attached hydrogens (primary N) is 1. The lowest BCUT2D eigenvalue weighted by Gasteiger charge is -1.97. The summed E-state index contributed by atoms with van der Waals surface area (Å²) in [5, 5.41) is 1.55. The Balaban J connectivity index is 2.85. The van der Waals surface area contributed by atoms with Gasteiger partial charge in [0.1, 0.15) is 0 Å². The van der Waals surface area contributed by atoms with Crippen LogP contribution < -0.4 is 5.73 Å². The predicted molar refractivity (Wildman–Crippen MR) is 56.8 cm³/mol. The quantitative estimate of drug-likeness (QED) is 0.775. The van der Waals surface area contributed by atoms with E-state index in [0.717, 1.165) is 0 Å². The molecule has 0 bridgehead atoms. The van der Waals surface area contributed by atoms with Crippen LogP contribution >= 0.6 is 23.2 Å². The van der Waals surface area contributed by atoms with Gasteiger partial charge in [-0.2, -0.15) is 0 Å². The number of H-pyrrole nitrogens is 1. The summed E-state index contributed by atoms with van der Waals surface area (Å²) < 4.78 is 0. The number of halogens is 2. The van der Waals surface area contributed by atoms with Crippen molar-refractivity contribution in [1.29, 1.82) is 0 Å². The number of carbonyl (C=O) groups excluding carboxylic acids is 1. The first-order chi connectivity index (χ1) is 6.59. The topological polar surface area (TPSA) is 58.9 Å². The Morgan fingerprint density at radius 2 is 2.07 bits per heavy atom. The van der Waals surface area contributed by atoms with Crippen LogP contribution in [0.5, 0.6) is 0 Å². The fourth-order valence-corrected chi connectivity index (χ4v) is 1.97. The second kappa shape index (κ2) is 3.19. The smallest absolute Gasteiger partial charge is 0.250 e. The van der Waals surface area contributed by atoms with E-state index in [4.69, 9.17) is 28.9 Å². The third-order valence-electron chi connectivity index (χ3n) is 1.96. The highest BCUT2D eigenvalue weighted by Gasteiger charge is 2.12. The molecule has 0 radical (unpaired) electrons. The van der Waals surface area contributed by atoms with Crippen molar-refractivity contribution in [2.75, 3.05) is 0 Å². The first-order valence-electron chi connectivity index (χ1n) is 3.85. The predicted octanol–water partition coefficient (Wildman–Crippen LogP) is 2.57. The number of aromatic nitrogens is 1. The fourth-order valence-electron chi connectivity index (χ4n) is 1.38. The summed E-state index contributed by atoms with van der Waals surface area (Å²) in [5.74, 6) is -0.513. The number of amides is 1. The van der Waals surface area contributed by atoms with Gasteiger partial charge in [0.25, 0.3) is 5.91 Å². The Hall–Kier alpha value is -1.19. The zero-order valence-corrected chi connectivity index (χ0v) is 8.49. The van der Waals surface area contributed by atoms with Crippen LogP contribution in [0.2, 0.25) is 10.0 Å². The number of rotatable bonds is 1. The summed E-state index contributed by atoms with van der Waals surface area (Å²) >= 11 is 11.7. The molecule has 0 aliphatic rings. The van der Waals surface area contributed by atoms with Crippen LogP contribution in [0.4, 0.5) is 0 Å². The summed E-state index contributed by atoms with van der Waals surface area (Å²) in [4.78, 5) is 13.9. The van der Waals surface area contributed by atoms with Gasteiger partial charge >= 0.3 is 0 Å². The lowest BCUT2D eigenvalue weighted by atomic mass is 10.1. The molecule has 0 saturated heterocycles. The zero-order valence-electron chi connectivity index (χ0n) is 6.97. The van der Waals surface area contributed by atoms with Gasteiger partial charge in [-0.15, -0.1) is 0 Å². The maximum Gasteiger partial charge on any atom is 0.250 e.